The molecule has 1 aliphatic rings. The van der Waals surface area contributed by atoms with Crippen LogP contribution in [0.3, 0.4) is 0 Å². The first-order chi connectivity index (χ1) is 18.2. The molecular formula is C27H29FN4O5S. The number of para-hydroxylation sites is 1. The fourth-order valence-corrected chi connectivity index (χ4v) is 5.48. The lowest BCUT2D eigenvalue weighted by molar-refractivity contribution is -0.120. The Balaban J connectivity index is 1.62. The summed E-state index contributed by atoms with van der Waals surface area (Å²) in [7, 11) is -4.37. The van der Waals surface area contributed by atoms with E-state index in [0.717, 1.165) is 38.1 Å². The van der Waals surface area contributed by atoms with Gasteiger partial charge in [-0.1, -0.05) is 22.7 Å². The molecule has 0 atom stereocenters. The number of nitrogens with zero attached hydrogens (tertiary/aromatic N) is 1. The molecule has 2 amide bonds. The maximum absolute atomic E-state index is 13.8. The van der Waals surface area contributed by atoms with E-state index in [-0.39, 0.29) is 39.8 Å². The highest BCUT2D eigenvalue weighted by atomic mass is 32.2. The minimum Gasteiger partial charge on any atom is -0.366 e. The summed E-state index contributed by atoms with van der Waals surface area (Å²) in [6.45, 7) is 2.28. The molecule has 1 fully saturated rings. The van der Waals surface area contributed by atoms with Gasteiger partial charge >= 0.3 is 0 Å². The number of nitrogens with one attached hydrogen (secondary N) is 2. The van der Waals surface area contributed by atoms with Gasteiger partial charge in [-0.2, -0.15) is 8.42 Å². The van der Waals surface area contributed by atoms with Crippen LogP contribution < -0.4 is 25.7 Å². The van der Waals surface area contributed by atoms with Crippen LogP contribution in [0.2, 0.25) is 0 Å². The van der Waals surface area contributed by atoms with E-state index in [1.165, 1.54) is 42.5 Å². The molecule has 0 radical (unpaired) electrons. The van der Waals surface area contributed by atoms with Crippen molar-refractivity contribution in [1.29, 1.82) is 0 Å². The smallest absolute Gasteiger partial charge is 0.295 e. The van der Waals surface area contributed by atoms with Gasteiger partial charge in [0, 0.05) is 12.1 Å². The SMILES string of the molecule is NC(=O)c1ccc(S(=O)(=O)N(Oc2ccc(F)cc2)c2ccccc2)cc1CC(=O)NCC1CCNCC1. The Labute approximate surface area is 220 Å². The van der Waals surface area contributed by atoms with Crippen LogP contribution in [-0.4, -0.2) is 39.9 Å². The number of piperidine rings is 1. The predicted molar refractivity (Wildman–Crippen MR) is 140 cm³/mol. The average Bonchev–Trinajstić information content (AvgIpc) is 2.92. The maximum Gasteiger partial charge on any atom is 0.295 e. The second-order valence-electron chi connectivity index (χ2n) is 8.97. The zero-order valence-electron chi connectivity index (χ0n) is 20.6. The van der Waals surface area contributed by atoms with E-state index in [4.69, 9.17) is 10.6 Å². The van der Waals surface area contributed by atoms with Crippen molar-refractivity contribution in [2.45, 2.75) is 24.2 Å². The molecule has 1 heterocycles. The number of amides is 2. The summed E-state index contributed by atoms with van der Waals surface area (Å²) in [6, 6.07) is 16.7. The second-order valence-corrected chi connectivity index (χ2v) is 10.7. The Hall–Kier alpha value is -3.96. The number of carbonyl (C=O) groups excluding carboxylic acids is 2. The van der Waals surface area contributed by atoms with Crippen molar-refractivity contribution in [2.75, 3.05) is 24.1 Å². The largest absolute Gasteiger partial charge is 0.366 e. The summed E-state index contributed by atoms with van der Waals surface area (Å²) < 4.78 is 41.6. The van der Waals surface area contributed by atoms with Gasteiger partial charge in [-0.3, -0.25) is 9.59 Å². The van der Waals surface area contributed by atoms with E-state index < -0.39 is 21.7 Å². The van der Waals surface area contributed by atoms with Crippen molar-refractivity contribution in [3.8, 4) is 5.75 Å². The van der Waals surface area contributed by atoms with Gasteiger partial charge in [-0.05, 0) is 92.0 Å². The molecule has 4 N–H and O–H groups in total. The number of sulfonamides is 1. The Morgan fingerprint density at radius 2 is 1.71 bits per heavy atom. The molecule has 1 saturated heterocycles. The fourth-order valence-electron chi connectivity index (χ4n) is 4.17. The summed E-state index contributed by atoms with van der Waals surface area (Å²) in [5, 5.41) is 6.15. The molecule has 38 heavy (non-hydrogen) atoms. The van der Waals surface area contributed by atoms with Gasteiger partial charge in [0.05, 0.1) is 17.0 Å². The third-order valence-corrected chi connectivity index (χ3v) is 7.80. The van der Waals surface area contributed by atoms with Crippen molar-refractivity contribution in [1.82, 2.24) is 10.6 Å². The molecule has 0 bridgehead atoms. The molecule has 9 nitrogen and oxygen atoms in total. The Bertz CT molecular complexity index is 1380. The predicted octanol–water partition coefficient (Wildman–Crippen LogP) is 2.77. The zero-order valence-corrected chi connectivity index (χ0v) is 21.4. The first-order valence-electron chi connectivity index (χ1n) is 12.2. The summed E-state index contributed by atoms with van der Waals surface area (Å²) in [6.07, 6.45) is 1.67. The fraction of sp³-hybridized carbons (Fsp3) is 0.259. The van der Waals surface area contributed by atoms with Gasteiger partial charge in [0.2, 0.25) is 11.8 Å². The normalized spacial score (nSPS) is 14.0. The molecule has 1 aliphatic heterocycles. The van der Waals surface area contributed by atoms with E-state index in [1.807, 2.05) is 0 Å². The molecule has 0 aliphatic carbocycles. The van der Waals surface area contributed by atoms with Gasteiger partial charge < -0.3 is 21.2 Å². The number of hydrogen-bond acceptors (Lipinski definition) is 6. The molecule has 0 unspecified atom stereocenters. The van der Waals surface area contributed by atoms with E-state index in [0.29, 0.717) is 16.9 Å². The zero-order chi connectivity index (χ0) is 27.1. The van der Waals surface area contributed by atoms with E-state index in [9.17, 15) is 22.4 Å². The molecule has 4 rings (SSSR count). The van der Waals surface area contributed by atoms with Gasteiger partial charge in [0.1, 0.15) is 5.82 Å². The van der Waals surface area contributed by atoms with Gasteiger partial charge in [0.25, 0.3) is 10.0 Å². The highest BCUT2D eigenvalue weighted by molar-refractivity contribution is 7.92. The molecule has 0 aromatic heterocycles. The third-order valence-electron chi connectivity index (χ3n) is 6.22. The number of nitrogens with two attached hydrogens (primary N) is 1. The first-order valence-corrected chi connectivity index (χ1v) is 13.6. The van der Waals surface area contributed by atoms with Crippen LogP contribution >= 0.6 is 0 Å². The van der Waals surface area contributed by atoms with E-state index >= 15 is 0 Å². The quantitative estimate of drug-likeness (QED) is 0.339. The van der Waals surface area contributed by atoms with Crippen molar-refractivity contribution < 1.29 is 27.2 Å². The Kier molecular flexibility index (Phi) is 8.59. The lowest BCUT2D eigenvalue weighted by atomic mass is 9.98. The standard InChI is InChI=1S/C27H29FN4O5S/c28-21-6-8-23(9-7-21)37-32(22-4-2-1-3-5-22)38(35,36)24-10-11-25(27(29)34)20(16-24)17-26(33)31-18-19-12-14-30-15-13-19/h1-11,16,19,30H,12-15,17-18H2,(H2,29,34)(H,31,33). The number of halogens is 1. The number of hydrogen-bond donors (Lipinski definition) is 3. The molecule has 11 heteroatoms. The lowest BCUT2D eigenvalue weighted by Gasteiger charge is -2.24. The van der Waals surface area contributed by atoms with Crippen molar-refractivity contribution in [2.24, 2.45) is 11.7 Å². The highest BCUT2D eigenvalue weighted by Gasteiger charge is 2.29. The van der Waals surface area contributed by atoms with Crippen molar-refractivity contribution >= 4 is 27.5 Å². The van der Waals surface area contributed by atoms with Crippen molar-refractivity contribution in [3.63, 3.8) is 0 Å². The third kappa shape index (κ3) is 6.67. The topological polar surface area (TPSA) is 131 Å². The van der Waals surface area contributed by atoms with Crippen LogP contribution in [0.4, 0.5) is 10.1 Å². The minimum absolute atomic E-state index is 0.0479. The molecule has 200 valence electrons. The molecule has 0 saturated carbocycles. The van der Waals surface area contributed by atoms with Crippen LogP contribution in [0, 0.1) is 11.7 Å². The molecule has 3 aromatic carbocycles. The lowest BCUT2D eigenvalue weighted by Crippen LogP contribution is -2.37. The minimum atomic E-state index is -4.37. The summed E-state index contributed by atoms with van der Waals surface area (Å²) >= 11 is 0. The van der Waals surface area contributed by atoms with Gasteiger partial charge in [0.15, 0.2) is 5.75 Å². The van der Waals surface area contributed by atoms with Crippen LogP contribution in [-0.2, 0) is 21.2 Å². The number of anilines is 1. The monoisotopic (exact) mass is 540 g/mol. The number of rotatable bonds is 10. The molecule has 3 aromatic rings. The molecular weight excluding hydrogens is 511 g/mol. The van der Waals surface area contributed by atoms with Crippen molar-refractivity contribution in [3.05, 3.63) is 89.7 Å². The van der Waals surface area contributed by atoms with E-state index in [2.05, 4.69) is 10.6 Å². The summed E-state index contributed by atoms with van der Waals surface area (Å²) in [5.41, 5.74) is 5.93. The highest BCUT2D eigenvalue weighted by Crippen LogP contribution is 2.27. The van der Waals surface area contributed by atoms with Crippen LogP contribution in [0.5, 0.6) is 5.75 Å². The second kappa shape index (κ2) is 12.1. The molecule has 0 spiro atoms. The van der Waals surface area contributed by atoms with Gasteiger partial charge in [-0.25, -0.2) is 4.39 Å². The van der Waals surface area contributed by atoms with Crippen LogP contribution in [0.25, 0.3) is 0 Å². The van der Waals surface area contributed by atoms with Gasteiger partial charge in [-0.15, -0.1) is 0 Å². The number of primary amides is 1. The number of benzene rings is 3. The van der Waals surface area contributed by atoms with Crippen LogP contribution in [0.1, 0.15) is 28.8 Å². The van der Waals surface area contributed by atoms with E-state index in [1.54, 1.807) is 18.2 Å². The number of carbonyl (C=O) groups is 2. The summed E-state index contributed by atoms with van der Waals surface area (Å²) in [5.74, 6) is -1.19. The Morgan fingerprint density at radius 3 is 2.37 bits per heavy atom. The Morgan fingerprint density at radius 1 is 1.03 bits per heavy atom. The maximum atomic E-state index is 13.8. The first kappa shape index (κ1) is 27.1. The summed E-state index contributed by atoms with van der Waals surface area (Å²) in [4.78, 5) is 30.3. The average molecular weight is 541 g/mol. The van der Waals surface area contributed by atoms with Crippen LogP contribution in [0.15, 0.2) is 77.7 Å².